The monoisotopic (exact) mass is 510 g/mol. The number of aromatic nitrogens is 2. The van der Waals surface area contributed by atoms with Gasteiger partial charge in [0.2, 0.25) is 0 Å². The Balaban J connectivity index is 0.000000364. The zero-order chi connectivity index (χ0) is 25.3. The lowest BCUT2D eigenvalue weighted by Gasteiger charge is -2.38. The van der Waals surface area contributed by atoms with Crippen molar-refractivity contribution in [3.05, 3.63) is 75.8 Å². The number of nitrogens with zero attached hydrogens (tertiary/aromatic N) is 4. The number of carbonyl (C=O) groups is 2. The Kier molecular flexibility index (Phi) is 6.95. The highest BCUT2D eigenvalue weighted by Crippen LogP contribution is 2.35. The number of likely N-dealkylation sites (tertiary alicyclic amines) is 1. The van der Waals surface area contributed by atoms with Crippen LogP contribution in [0.3, 0.4) is 0 Å². The number of halogens is 4. The van der Waals surface area contributed by atoms with E-state index in [9.17, 15) is 22.4 Å². The van der Waals surface area contributed by atoms with E-state index >= 15 is 0 Å². The summed E-state index contributed by atoms with van der Waals surface area (Å²) in [5.41, 5.74) is 2.78. The first kappa shape index (κ1) is 24.9. The van der Waals surface area contributed by atoms with Crippen LogP contribution in [0.2, 0.25) is 0 Å². The molecular weight excluding hydrogens is 488 g/mol. The lowest BCUT2D eigenvalue weighted by molar-refractivity contribution is -0.192. The Morgan fingerprint density at radius 3 is 2.40 bits per heavy atom. The van der Waals surface area contributed by atoms with Crippen LogP contribution in [0.4, 0.5) is 17.6 Å². The van der Waals surface area contributed by atoms with Crippen molar-refractivity contribution in [1.82, 2.24) is 19.4 Å². The first-order chi connectivity index (χ1) is 16.5. The third-order valence-electron chi connectivity index (χ3n) is 5.91. The molecule has 1 N–H and O–H groups in total. The highest BCUT2D eigenvalue weighted by Gasteiger charge is 2.45. The maximum Gasteiger partial charge on any atom is 0.490 e. The van der Waals surface area contributed by atoms with Gasteiger partial charge in [-0.25, -0.2) is 14.2 Å². The Bertz CT molecular complexity index is 1210. The van der Waals surface area contributed by atoms with Crippen LogP contribution in [0, 0.1) is 12.7 Å². The van der Waals surface area contributed by atoms with Crippen molar-refractivity contribution in [2.75, 3.05) is 13.1 Å². The molecule has 2 atom stereocenters. The molecule has 7 nitrogen and oxygen atoms in total. The van der Waals surface area contributed by atoms with E-state index in [0.29, 0.717) is 6.54 Å². The molecule has 186 valence electrons. The van der Waals surface area contributed by atoms with Crippen LogP contribution < -0.4 is 0 Å². The maximum atomic E-state index is 13.2. The molecule has 2 aliphatic rings. The quantitative estimate of drug-likeness (QED) is 0.535. The van der Waals surface area contributed by atoms with Gasteiger partial charge >= 0.3 is 12.1 Å². The van der Waals surface area contributed by atoms with Gasteiger partial charge in [0.15, 0.2) is 0 Å². The van der Waals surface area contributed by atoms with Crippen LogP contribution in [-0.2, 0) is 17.9 Å². The van der Waals surface area contributed by atoms with Crippen LogP contribution in [-0.4, -0.2) is 61.6 Å². The average Bonchev–Trinajstić information content (AvgIpc) is 3.52. The fraction of sp³-hybridized carbons (Fsp3) is 0.348. The number of carboxylic acids is 1. The Labute approximate surface area is 202 Å². The molecule has 1 saturated heterocycles. The number of benzene rings is 1. The van der Waals surface area contributed by atoms with Gasteiger partial charge in [-0.05, 0) is 36.8 Å². The van der Waals surface area contributed by atoms with Gasteiger partial charge in [0, 0.05) is 31.2 Å². The molecule has 0 bridgehead atoms. The molecule has 0 saturated carbocycles. The lowest BCUT2D eigenvalue weighted by Crippen LogP contribution is -2.49. The van der Waals surface area contributed by atoms with Crippen LogP contribution in [0.5, 0.6) is 0 Å². The molecule has 1 aromatic carbocycles. The Morgan fingerprint density at radius 1 is 1.14 bits per heavy atom. The lowest BCUT2D eigenvalue weighted by atomic mass is 10.1. The zero-order valence-electron chi connectivity index (χ0n) is 18.6. The van der Waals surface area contributed by atoms with Gasteiger partial charge in [-0.15, -0.1) is 11.3 Å². The molecule has 0 aliphatic carbocycles. The molecule has 0 spiro atoms. The van der Waals surface area contributed by atoms with Crippen molar-refractivity contribution < 1.29 is 32.3 Å². The van der Waals surface area contributed by atoms with Crippen molar-refractivity contribution in [3.8, 4) is 0 Å². The number of aryl methyl sites for hydroxylation is 1. The molecule has 35 heavy (non-hydrogen) atoms. The number of hydrogen-bond acceptors (Lipinski definition) is 5. The minimum Gasteiger partial charge on any atom is -0.475 e. The predicted octanol–water partition coefficient (Wildman–Crippen LogP) is 4.11. The second-order valence-electron chi connectivity index (χ2n) is 8.35. The second-order valence-corrected chi connectivity index (χ2v) is 9.41. The summed E-state index contributed by atoms with van der Waals surface area (Å²) in [4.78, 5) is 30.9. The first-order valence-corrected chi connectivity index (χ1v) is 11.6. The van der Waals surface area contributed by atoms with Crippen LogP contribution >= 0.6 is 11.3 Å². The van der Waals surface area contributed by atoms with Crippen molar-refractivity contribution in [2.45, 2.75) is 38.3 Å². The zero-order valence-corrected chi connectivity index (χ0v) is 19.4. The number of carboxylic acid groups (broad SMARTS) is 1. The third kappa shape index (κ3) is 5.54. The Morgan fingerprint density at radius 2 is 1.80 bits per heavy atom. The molecule has 0 radical (unpaired) electrons. The van der Waals surface area contributed by atoms with Crippen molar-refractivity contribution in [3.63, 3.8) is 0 Å². The fourth-order valence-electron chi connectivity index (χ4n) is 4.41. The number of alkyl halides is 3. The van der Waals surface area contributed by atoms with Gasteiger partial charge in [-0.1, -0.05) is 12.1 Å². The molecular formula is C23H22F4N4O3S. The summed E-state index contributed by atoms with van der Waals surface area (Å²) >= 11 is 1.61. The van der Waals surface area contributed by atoms with Crippen LogP contribution in [0.15, 0.2) is 48.0 Å². The van der Waals surface area contributed by atoms with Crippen molar-refractivity contribution >= 4 is 23.2 Å². The number of hydrogen-bond donors (Lipinski definition) is 1. The number of carbonyl (C=O) groups excluding carboxylic acids is 1. The summed E-state index contributed by atoms with van der Waals surface area (Å²) in [5, 5.41) is 10.2. The standard InChI is InChI=1S/C21H21FN4OS.C2HF3O2/c1-14-23-17(13-28-14)10-26-20-12-24(9-15-4-6-16(22)7-5-15)11-19(20)25-8-2-3-18(25)21(26)27;3-2(4,5)1(6)7/h2-8,13,19-20H,9-12H2,1H3;(H,6,7). The van der Waals surface area contributed by atoms with Gasteiger partial charge in [0.1, 0.15) is 11.5 Å². The number of amides is 1. The van der Waals surface area contributed by atoms with E-state index in [2.05, 4.69) is 14.5 Å². The highest BCUT2D eigenvalue weighted by atomic mass is 32.1. The van der Waals surface area contributed by atoms with Gasteiger partial charge in [-0.3, -0.25) is 9.69 Å². The molecule has 2 aromatic heterocycles. The summed E-state index contributed by atoms with van der Waals surface area (Å²) in [7, 11) is 0. The van der Waals surface area contributed by atoms with E-state index < -0.39 is 12.1 Å². The highest BCUT2D eigenvalue weighted by molar-refractivity contribution is 7.09. The van der Waals surface area contributed by atoms with Crippen LogP contribution in [0.1, 0.15) is 32.8 Å². The molecule has 2 unspecified atom stereocenters. The molecule has 3 aromatic rings. The van der Waals surface area contributed by atoms with Gasteiger partial charge in [0.25, 0.3) is 5.91 Å². The summed E-state index contributed by atoms with van der Waals surface area (Å²) < 4.78 is 47.1. The SMILES string of the molecule is Cc1nc(CN2C(=O)c3cccn3C3CN(Cc4ccc(F)cc4)CC32)cs1.O=C(O)C(F)(F)F. The normalized spacial score (nSPS) is 19.7. The smallest absolute Gasteiger partial charge is 0.475 e. The van der Waals surface area contributed by atoms with Crippen molar-refractivity contribution in [1.29, 1.82) is 0 Å². The molecule has 5 rings (SSSR count). The third-order valence-corrected chi connectivity index (χ3v) is 6.73. The van der Waals surface area contributed by atoms with E-state index in [1.54, 1.807) is 11.3 Å². The number of rotatable bonds is 4. The molecule has 1 fully saturated rings. The molecule has 2 aliphatic heterocycles. The minimum absolute atomic E-state index is 0.0699. The van der Waals surface area contributed by atoms with Gasteiger partial charge < -0.3 is 14.6 Å². The first-order valence-electron chi connectivity index (χ1n) is 10.7. The fourth-order valence-corrected chi connectivity index (χ4v) is 5.01. The number of aliphatic carboxylic acids is 1. The number of thiazole rings is 1. The average molecular weight is 511 g/mol. The van der Waals surface area contributed by atoms with Gasteiger partial charge in [-0.2, -0.15) is 13.2 Å². The second kappa shape index (κ2) is 9.78. The minimum atomic E-state index is -5.08. The Hall–Kier alpha value is -3.25. The van der Waals surface area contributed by atoms with E-state index in [1.165, 1.54) is 12.1 Å². The summed E-state index contributed by atoms with van der Waals surface area (Å²) in [5.74, 6) is -2.90. The van der Waals surface area contributed by atoms with E-state index in [0.717, 1.165) is 41.6 Å². The summed E-state index contributed by atoms with van der Waals surface area (Å²) in [6.07, 6.45) is -3.07. The summed E-state index contributed by atoms with van der Waals surface area (Å²) in [6, 6.07) is 10.9. The molecule has 1 amide bonds. The predicted molar refractivity (Wildman–Crippen MR) is 119 cm³/mol. The van der Waals surface area contributed by atoms with E-state index in [-0.39, 0.29) is 23.8 Å². The molecule has 4 heterocycles. The largest absolute Gasteiger partial charge is 0.490 e. The summed E-state index contributed by atoms with van der Waals surface area (Å²) in [6.45, 7) is 4.94. The number of fused-ring (bicyclic) bond motifs is 3. The van der Waals surface area contributed by atoms with E-state index in [1.807, 2.05) is 47.7 Å². The van der Waals surface area contributed by atoms with Gasteiger partial charge in [0.05, 0.1) is 29.3 Å². The topological polar surface area (TPSA) is 78.7 Å². The van der Waals surface area contributed by atoms with E-state index in [4.69, 9.17) is 9.90 Å². The van der Waals surface area contributed by atoms with Crippen molar-refractivity contribution in [2.24, 2.45) is 0 Å². The molecule has 12 heteroatoms. The van der Waals surface area contributed by atoms with Crippen LogP contribution in [0.25, 0.3) is 0 Å². The maximum absolute atomic E-state index is 13.2.